The van der Waals surface area contributed by atoms with Crippen LogP contribution in [0.2, 0.25) is 0 Å². The zero-order valence-corrected chi connectivity index (χ0v) is 13.1. The molecule has 0 saturated heterocycles. The molecular formula is C16H20BrNO2. The topological polar surface area (TPSA) is 36.2 Å². The normalized spacial score (nSPS) is 38.1. The van der Waals surface area contributed by atoms with E-state index in [1.54, 1.807) is 6.07 Å². The van der Waals surface area contributed by atoms with Crippen LogP contribution < -0.4 is 9.47 Å². The average molecular weight is 338 g/mol. The molecule has 0 N–H and O–H groups in total. The number of halogens is 1. The number of aromatic nitrogens is 1. The molecule has 1 aromatic heterocycles. The van der Waals surface area contributed by atoms with Gasteiger partial charge in [0, 0.05) is 11.5 Å². The zero-order valence-electron chi connectivity index (χ0n) is 11.6. The summed E-state index contributed by atoms with van der Waals surface area (Å²) in [5.74, 6) is 3.18. The summed E-state index contributed by atoms with van der Waals surface area (Å²) in [6.45, 7) is 0.710. The minimum atomic E-state index is 0.344. The molecule has 4 aliphatic carbocycles. The standard InChI is InChI=1S/C16H20BrNO2/c17-14-2-1-3-18(19)15(14)20-10-16-7-11-4-12(8-16)6-13(5-11)9-16/h1-3,11-13H,4-10H2. The number of nitrogens with zero attached hydrogens (tertiary/aromatic N) is 1. The van der Waals surface area contributed by atoms with Gasteiger partial charge in [-0.05, 0) is 78.3 Å². The van der Waals surface area contributed by atoms with Crippen molar-refractivity contribution in [1.29, 1.82) is 0 Å². The third-order valence-corrected chi connectivity index (χ3v) is 6.15. The van der Waals surface area contributed by atoms with Gasteiger partial charge in [0.1, 0.15) is 11.1 Å². The van der Waals surface area contributed by atoms with Crippen LogP contribution in [0.1, 0.15) is 38.5 Å². The van der Waals surface area contributed by atoms with E-state index in [1.165, 1.54) is 44.7 Å². The summed E-state index contributed by atoms with van der Waals surface area (Å²) in [6.07, 6.45) is 9.74. The van der Waals surface area contributed by atoms with Crippen molar-refractivity contribution >= 4 is 15.9 Å². The van der Waals surface area contributed by atoms with E-state index in [0.717, 1.165) is 27.0 Å². The first-order valence-electron chi connectivity index (χ1n) is 7.64. The third-order valence-electron chi connectivity index (χ3n) is 5.55. The molecule has 4 bridgehead atoms. The van der Waals surface area contributed by atoms with E-state index in [9.17, 15) is 5.21 Å². The van der Waals surface area contributed by atoms with E-state index in [1.807, 2.05) is 6.07 Å². The van der Waals surface area contributed by atoms with Gasteiger partial charge >= 0.3 is 5.88 Å². The fraction of sp³-hybridized carbons (Fsp3) is 0.688. The summed E-state index contributed by atoms with van der Waals surface area (Å²) >= 11 is 3.41. The number of rotatable bonds is 3. The molecule has 0 aromatic carbocycles. The predicted molar refractivity (Wildman–Crippen MR) is 79.2 cm³/mol. The Kier molecular flexibility index (Phi) is 2.99. The van der Waals surface area contributed by atoms with Gasteiger partial charge in [-0.2, -0.15) is 0 Å². The van der Waals surface area contributed by atoms with Gasteiger partial charge in [0.2, 0.25) is 0 Å². The highest BCUT2D eigenvalue weighted by Gasteiger charge is 2.51. The Balaban J connectivity index is 1.52. The van der Waals surface area contributed by atoms with Crippen molar-refractivity contribution in [1.82, 2.24) is 0 Å². The quantitative estimate of drug-likeness (QED) is 0.623. The van der Waals surface area contributed by atoms with Crippen LogP contribution in [0.5, 0.6) is 5.88 Å². The van der Waals surface area contributed by atoms with E-state index in [2.05, 4.69) is 15.9 Å². The molecule has 0 atom stereocenters. The number of hydrogen-bond acceptors (Lipinski definition) is 2. The van der Waals surface area contributed by atoms with E-state index in [0.29, 0.717) is 17.9 Å². The van der Waals surface area contributed by atoms with Gasteiger partial charge in [-0.15, -0.1) is 4.73 Å². The van der Waals surface area contributed by atoms with Crippen LogP contribution in [-0.4, -0.2) is 6.61 Å². The van der Waals surface area contributed by atoms with Crippen LogP contribution >= 0.6 is 15.9 Å². The third kappa shape index (κ3) is 2.12. The molecule has 5 rings (SSSR count). The smallest absolute Gasteiger partial charge is 0.394 e. The van der Waals surface area contributed by atoms with Gasteiger partial charge in [-0.25, -0.2) is 0 Å². The van der Waals surface area contributed by atoms with Gasteiger partial charge in [0.25, 0.3) is 0 Å². The van der Waals surface area contributed by atoms with Crippen molar-refractivity contribution in [3.8, 4) is 5.88 Å². The van der Waals surface area contributed by atoms with Crippen LogP contribution in [-0.2, 0) is 0 Å². The Labute approximate surface area is 128 Å². The van der Waals surface area contributed by atoms with Crippen molar-refractivity contribution in [2.45, 2.75) is 38.5 Å². The Bertz CT molecular complexity index is 476. The number of pyridine rings is 1. The molecule has 4 heteroatoms. The van der Waals surface area contributed by atoms with Crippen LogP contribution in [0, 0.1) is 28.4 Å². The maximum atomic E-state index is 11.8. The molecule has 0 radical (unpaired) electrons. The molecule has 20 heavy (non-hydrogen) atoms. The Morgan fingerprint density at radius 3 is 2.35 bits per heavy atom. The molecule has 1 heterocycles. The molecule has 0 spiro atoms. The van der Waals surface area contributed by atoms with Crippen LogP contribution in [0.3, 0.4) is 0 Å². The molecule has 1 aromatic rings. The highest BCUT2D eigenvalue weighted by atomic mass is 79.9. The lowest BCUT2D eigenvalue weighted by Crippen LogP contribution is -2.49. The van der Waals surface area contributed by atoms with Crippen molar-refractivity contribution in [3.05, 3.63) is 28.0 Å². The van der Waals surface area contributed by atoms with Crippen molar-refractivity contribution in [2.24, 2.45) is 23.2 Å². The molecule has 4 saturated carbocycles. The SMILES string of the molecule is [O-][n+]1cccc(Br)c1OCC12CC3CC(CC(C3)C1)C2. The molecule has 4 aliphatic rings. The second-order valence-electron chi connectivity index (χ2n) is 7.19. The fourth-order valence-electron chi connectivity index (χ4n) is 5.27. The minimum absolute atomic E-state index is 0.344. The molecule has 3 nitrogen and oxygen atoms in total. The molecule has 0 amide bonds. The first-order chi connectivity index (χ1) is 9.63. The maximum Gasteiger partial charge on any atom is 0.394 e. The lowest BCUT2D eigenvalue weighted by atomic mass is 9.50. The van der Waals surface area contributed by atoms with Crippen LogP contribution in [0.4, 0.5) is 0 Å². The highest BCUT2D eigenvalue weighted by molar-refractivity contribution is 9.10. The molecular weight excluding hydrogens is 318 g/mol. The lowest BCUT2D eigenvalue weighted by molar-refractivity contribution is -0.614. The van der Waals surface area contributed by atoms with Gasteiger partial charge < -0.3 is 9.94 Å². The molecule has 108 valence electrons. The average Bonchev–Trinajstić information content (AvgIpc) is 2.36. The second-order valence-corrected chi connectivity index (χ2v) is 8.05. The Morgan fingerprint density at radius 2 is 1.80 bits per heavy atom. The van der Waals surface area contributed by atoms with Gasteiger partial charge in [0.15, 0.2) is 6.20 Å². The summed E-state index contributed by atoms with van der Waals surface area (Å²) in [5, 5.41) is 11.8. The van der Waals surface area contributed by atoms with E-state index in [4.69, 9.17) is 4.74 Å². The largest absolute Gasteiger partial charge is 0.616 e. The summed E-state index contributed by atoms with van der Waals surface area (Å²) in [4.78, 5) is 0. The first kappa shape index (κ1) is 12.9. The van der Waals surface area contributed by atoms with Crippen molar-refractivity contribution < 1.29 is 9.47 Å². The summed E-state index contributed by atoms with van der Waals surface area (Å²) in [6, 6.07) is 3.60. The summed E-state index contributed by atoms with van der Waals surface area (Å²) in [5.41, 5.74) is 0.344. The maximum absolute atomic E-state index is 11.8. The molecule has 0 aliphatic heterocycles. The van der Waals surface area contributed by atoms with Crippen LogP contribution in [0.25, 0.3) is 0 Å². The Morgan fingerprint density at radius 1 is 1.20 bits per heavy atom. The van der Waals surface area contributed by atoms with E-state index in [-0.39, 0.29) is 0 Å². The van der Waals surface area contributed by atoms with E-state index < -0.39 is 0 Å². The first-order valence-corrected chi connectivity index (χ1v) is 8.43. The Hall–Kier alpha value is -0.770. The van der Waals surface area contributed by atoms with Crippen molar-refractivity contribution in [2.75, 3.05) is 6.61 Å². The van der Waals surface area contributed by atoms with Crippen LogP contribution in [0.15, 0.2) is 22.8 Å². The zero-order chi connectivity index (χ0) is 13.7. The molecule has 4 fully saturated rings. The van der Waals surface area contributed by atoms with Gasteiger partial charge in [-0.1, -0.05) is 0 Å². The monoisotopic (exact) mass is 337 g/mol. The van der Waals surface area contributed by atoms with E-state index >= 15 is 0 Å². The minimum Gasteiger partial charge on any atom is -0.616 e. The van der Waals surface area contributed by atoms with Gasteiger partial charge in [-0.3, -0.25) is 0 Å². The molecule has 0 unspecified atom stereocenters. The van der Waals surface area contributed by atoms with Crippen molar-refractivity contribution in [3.63, 3.8) is 0 Å². The summed E-state index contributed by atoms with van der Waals surface area (Å²) < 4.78 is 7.53. The highest BCUT2D eigenvalue weighted by Crippen LogP contribution is 2.60. The number of hydrogen-bond donors (Lipinski definition) is 0. The lowest BCUT2D eigenvalue weighted by Gasteiger charge is -2.56. The number of ether oxygens (including phenoxy) is 1. The fourth-order valence-corrected chi connectivity index (χ4v) is 5.71. The van der Waals surface area contributed by atoms with Gasteiger partial charge in [0.05, 0.1) is 0 Å². The predicted octanol–water partition coefficient (Wildman–Crippen LogP) is 3.68. The second kappa shape index (κ2) is 4.62. The summed E-state index contributed by atoms with van der Waals surface area (Å²) in [7, 11) is 0.